The molecule has 0 aromatic heterocycles. The zero-order valence-electron chi connectivity index (χ0n) is 15.5. The van der Waals surface area contributed by atoms with E-state index in [0.717, 1.165) is 9.54 Å². The molecule has 2 unspecified atom stereocenters. The predicted molar refractivity (Wildman–Crippen MR) is 101 cm³/mol. The average Bonchev–Trinajstić information content (AvgIpc) is 3.13. The first-order valence-corrected chi connectivity index (χ1v) is 13.6. The Morgan fingerprint density at radius 1 is 1.20 bits per heavy atom. The largest absolute Gasteiger partial charge is 1.00 e. The Bertz CT molecular complexity index is 676. The molecule has 2 aliphatic carbocycles. The van der Waals surface area contributed by atoms with Crippen molar-refractivity contribution in [2.24, 2.45) is 5.92 Å². The average molecular weight is 440 g/mol. The van der Waals surface area contributed by atoms with Crippen LogP contribution < -0.4 is 9.41 Å². The van der Waals surface area contributed by atoms with Crippen molar-refractivity contribution in [2.75, 3.05) is 13.3 Å². The first-order valence-electron chi connectivity index (χ1n) is 8.75. The fraction of sp³-hybridized carbons (Fsp3) is 0.429. The normalized spacial score (nSPS) is 19.1. The second kappa shape index (κ2) is 10.1. The summed E-state index contributed by atoms with van der Waals surface area (Å²) >= 11 is -0.613. The molecule has 2 aliphatic rings. The fourth-order valence-electron chi connectivity index (χ4n) is 3.74. The van der Waals surface area contributed by atoms with Gasteiger partial charge >= 0.3 is 155 Å². The van der Waals surface area contributed by atoms with Gasteiger partial charge in [-0.1, -0.05) is 0 Å². The molecule has 0 nitrogen and oxygen atoms in total. The summed E-state index contributed by atoms with van der Waals surface area (Å²) in [6, 6.07) is 9.13. The SMILES string of the molecule is CCCC(C)C1=[C]([Zr+2][CH]2C(P(C)C)=Cc3ccccc32)CC=C1.[F-].[F-]. The van der Waals surface area contributed by atoms with Gasteiger partial charge in [-0.3, -0.25) is 0 Å². The van der Waals surface area contributed by atoms with Crippen molar-refractivity contribution in [3.05, 3.63) is 61.7 Å². The standard InChI is InChI=1S/C11H12P.C10H15.2FH.Zr/c1-12(2)11-7-9-5-3-4-6-10(9)8-11;1-3-6-9(2)10-7-4-5-8-10;;;/h3-8H,1-2H3;4,7,9H,3,5-6H2,1-2H3;2*1H;/q;;;;+2/p-2. The van der Waals surface area contributed by atoms with E-state index in [9.17, 15) is 0 Å². The molecule has 0 aliphatic heterocycles. The van der Waals surface area contributed by atoms with Crippen LogP contribution in [-0.2, 0) is 23.2 Å². The molecule has 1 aromatic rings. The zero-order valence-corrected chi connectivity index (χ0v) is 18.9. The number of hydrogen-bond acceptors (Lipinski definition) is 0. The molecule has 0 bridgehead atoms. The molecule has 0 saturated heterocycles. The van der Waals surface area contributed by atoms with Gasteiger partial charge in [-0.25, -0.2) is 0 Å². The molecule has 4 heteroatoms. The molecule has 0 amide bonds. The third-order valence-corrected chi connectivity index (χ3v) is 11.3. The van der Waals surface area contributed by atoms with Gasteiger partial charge in [-0.05, 0) is 0 Å². The van der Waals surface area contributed by atoms with Gasteiger partial charge in [-0.2, -0.15) is 0 Å². The van der Waals surface area contributed by atoms with Gasteiger partial charge in [0.2, 0.25) is 0 Å². The van der Waals surface area contributed by atoms with E-state index in [-0.39, 0.29) is 17.3 Å². The Morgan fingerprint density at radius 2 is 1.92 bits per heavy atom. The van der Waals surface area contributed by atoms with Gasteiger partial charge in [-0.15, -0.1) is 0 Å². The third-order valence-electron chi connectivity index (χ3n) is 4.96. The van der Waals surface area contributed by atoms with E-state index in [4.69, 9.17) is 0 Å². The van der Waals surface area contributed by atoms with Gasteiger partial charge in [0, 0.05) is 0 Å². The molecule has 0 spiro atoms. The Hall–Kier alpha value is -0.387. The van der Waals surface area contributed by atoms with Crippen molar-refractivity contribution in [3.8, 4) is 0 Å². The Labute approximate surface area is 163 Å². The Balaban J connectivity index is 0.00000156. The van der Waals surface area contributed by atoms with Crippen LogP contribution in [0.5, 0.6) is 0 Å². The van der Waals surface area contributed by atoms with E-state index in [1.54, 1.807) is 16.5 Å². The molecule has 1 aromatic carbocycles. The molecular weight excluding hydrogens is 412 g/mol. The van der Waals surface area contributed by atoms with Crippen molar-refractivity contribution < 1.29 is 32.6 Å². The Kier molecular flexibility index (Phi) is 9.13. The smallest absolute Gasteiger partial charge is 1.00 e. The molecular formula is C21H27F2PZr. The van der Waals surface area contributed by atoms with Gasteiger partial charge in [0.15, 0.2) is 0 Å². The second-order valence-electron chi connectivity index (χ2n) is 6.90. The molecule has 3 rings (SSSR count). The van der Waals surface area contributed by atoms with Crippen LogP contribution in [0.4, 0.5) is 0 Å². The maximum absolute atomic E-state index is 2.52. The minimum atomic E-state index is -0.613. The van der Waals surface area contributed by atoms with Gasteiger partial charge in [0.25, 0.3) is 0 Å². The summed E-state index contributed by atoms with van der Waals surface area (Å²) in [6.45, 7) is 9.60. The summed E-state index contributed by atoms with van der Waals surface area (Å²) in [5.74, 6) is 0.753. The van der Waals surface area contributed by atoms with Crippen LogP contribution in [0.2, 0.25) is 0 Å². The van der Waals surface area contributed by atoms with Crippen LogP contribution in [0.3, 0.4) is 0 Å². The fourth-order valence-corrected chi connectivity index (χ4v) is 11.3. The van der Waals surface area contributed by atoms with E-state index in [1.807, 2.05) is 3.28 Å². The number of fused-ring (bicyclic) bond motifs is 1. The van der Waals surface area contributed by atoms with Crippen LogP contribution in [0.25, 0.3) is 6.08 Å². The molecule has 0 N–H and O–H groups in total. The van der Waals surface area contributed by atoms with Crippen molar-refractivity contribution in [3.63, 3.8) is 0 Å². The molecule has 2 atom stereocenters. The van der Waals surface area contributed by atoms with Crippen molar-refractivity contribution >= 4 is 14.0 Å². The van der Waals surface area contributed by atoms with Gasteiger partial charge < -0.3 is 9.41 Å². The van der Waals surface area contributed by atoms with Crippen LogP contribution in [0.15, 0.2) is 50.6 Å². The molecule has 0 fully saturated rings. The van der Waals surface area contributed by atoms with E-state index in [2.05, 4.69) is 69.7 Å². The van der Waals surface area contributed by atoms with Gasteiger partial charge in [0.05, 0.1) is 0 Å². The van der Waals surface area contributed by atoms with E-state index < -0.39 is 23.2 Å². The van der Waals surface area contributed by atoms with Crippen molar-refractivity contribution in [2.45, 2.75) is 36.7 Å². The van der Waals surface area contributed by atoms with Crippen molar-refractivity contribution in [1.29, 1.82) is 0 Å². The van der Waals surface area contributed by atoms with Crippen LogP contribution in [0.1, 0.15) is 47.9 Å². The number of benzene rings is 1. The number of rotatable bonds is 6. The topological polar surface area (TPSA) is 0 Å². The maximum atomic E-state index is 2.52. The monoisotopic (exact) mass is 438 g/mol. The van der Waals surface area contributed by atoms with Gasteiger partial charge in [0.1, 0.15) is 0 Å². The number of allylic oxidation sites excluding steroid dienone is 5. The summed E-state index contributed by atoms with van der Waals surface area (Å²) < 4.78 is 2.65. The number of halogens is 2. The van der Waals surface area contributed by atoms with Crippen LogP contribution >= 0.6 is 7.92 Å². The predicted octanol–water partition coefficient (Wildman–Crippen LogP) is 0.564. The number of hydrogen-bond donors (Lipinski definition) is 0. The summed E-state index contributed by atoms with van der Waals surface area (Å²) in [5.41, 5.74) is 4.84. The molecule has 134 valence electrons. The minimum Gasteiger partial charge on any atom is -1.00 e. The molecule has 0 radical (unpaired) electrons. The molecule has 0 heterocycles. The summed E-state index contributed by atoms with van der Waals surface area (Å²) in [6.07, 6.45) is 11.3. The maximum Gasteiger partial charge on any atom is -1.00 e. The van der Waals surface area contributed by atoms with E-state index in [0.29, 0.717) is 0 Å². The first-order chi connectivity index (χ1) is 11.1. The van der Waals surface area contributed by atoms with Crippen molar-refractivity contribution in [1.82, 2.24) is 0 Å². The third kappa shape index (κ3) is 4.87. The Morgan fingerprint density at radius 3 is 2.60 bits per heavy atom. The zero-order chi connectivity index (χ0) is 16.4. The quantitative estimate of drug-likeness (QED) is 0.569. The summed E-state index contributed by atoms with van der Waals surface area (Å²) in [7, 11) is 0.0168. The van der Waals surface area contributed by atoms with Crippen LogP contribution in [0, 0.1) is 5.92 Å². The summed E-state index contributed by atoms with van der Waals surface area (Å²) in [4.78, 5) is 0. The molecule has 25 heavy (non-hydrogen) atoms. The van der Waals surface area contributed by atoms with E-state index in [1.165, 1.54) is 24.8 Å². The molecule has 0 saturated carbocycles. The van der Waals surface area contributed by atoms with E-state index >= 15 is 0 Å². The minimum absolute atomic E-state index is 0. The summed E-state index contributed by atoms with van der Waals surface area (Å²) in [5, 5.41) is 1.76. The van der Waals surface area contributed by atoms with Crippen LogP contribution in [-0.4, -0.2) is 13.3 Å². The second-order valence-corrected chi connectivity index (χ2v) is 12.8. The first kappa shape index (κ1) is 22.7.